The molecule has 1 heterocycles. The maximum Gasteiger partial charge on any atom is 0.319 e. The number of halogens is 3. The highest BCUT2D eigenvalue weighted by Crippen LogP contribution is 2.31. The SMILES string of the molecule is CO/N=C1\NC[C@@H](c2c(F)cc(OC)cc2F)[C@@H]1NC(=O)Nc1ccc(F)cc1. The van der Waals surface area contributed by atoms with Crippen molar-refractivity contribution in [1.82, 2.24) is 10.6 Å². The summed E-state index contributed by atoms with van der Waals surface area (Å²) < 4.78 is 47.0. The Morgan fingerprint density at radius 2 is 1.79 bits per heavy atom. The van der Waals surface area contributed by atoms with Gasteiger partial charge >= 0.3 is 6.03 Å². The van der Waals surface area contributed by atoms with E-state index in [9.17, 15) is 18.0 Å². The number of amidine groups is 1. The van der Waals surface area contributed by atoms with E-state index in [1.54, 1.807) is 0 Å². The van der Waals surface area contributed by atoms with Crippen LogP contribution in [0.5, 0.6) is 5.75 Å². The molecule has 2 atom stereocenters. The monoisotopic (exact) mass is 408 g/mol. The Balaban J connectivity index is 1.85. The highest BCUT2D eigenvalue weighted by atomic mass is 19.1. The summed E-state index contributed by atoms with van der Waals surface area (Å²) in [4.78, 5) is 17.2. The minimum absolute atomic E-state index is 0.0408. The molecule has 0 unspecified atom stereocenters. The number of benzene rings is 2. The van der Waals surface area contributed by atoms with Crippen LogP contribution >= 0.6 is 0 Å². The molecule has 3 rings (SSSR count). The Kier molecular flexibility index (Phi) is 6.10. The van der Waals surface area contributed by atoms with Crippen molar-refractivity contribution in [3.05, 3.63) is 59.4 Å². The largest absolute Gasteiger partial charge is 0.497 e. The maximum atomic E-state index is 14.6. The molecular weight excluding hydrogens is 389 g/mol. The van der Waals surface area contributed by atoms with Crippen molar-refractivity contribution >= 4 is 17.6 Å². The molecule has 2 aromatic rings. The molecule has 3 N–H and O–H groups in total. The number of hydrogen-bond donors (Lipinski definition) is 3. The highest BCUT2D eigenvalue weighted by Gasteiger charge is 2.39. The summed E-state index contributed by atoms with van der Waals surface area (Å²) in [5, 5.41) is 11.8. The van der Waals surface area contributed by atoms with Crippen molar-refractivity contribution < 1.29 is 27.5 Å². The average Bonchev–Trinajstić information content (AvgIpc) is 3.05. The van der Waals surface area contributed by atoms with Crippen molar-refractivity contribution in [2.75, 3.05) is 26.1 Å². The smallest absolute Gasteiger partial charge is 0.319 e. The van der Waals surface area contributed by atoms with Gasteiger partial charge in [-0.3, -0.25) is 0 Å². The van der Waals surface area contributed by atoms with Crippen molar-refractivity contribution in [2.24, 2.45) is 5.16 Å². The number of nitrogens with one attached hydrogen (secondary N) is 3. The minimum atomic E-state index is -0.896. The number of amides is 2. The molecule has 0 bridgehead atoms. The first kappa shape index (κ1) is 20.3. The first-order valence-electron chi connectivity index (χ1n) is 8.64. The summed E-state index contributed by atoms with van der Waals surface area (Å²) in [5.41, 5.74) is 0.130. The van der Waals surface area contributed by atoms with Crippen LogP contribution in [0.4, 0.5) is 23.7 Å². The predicted molar refractivity (Wildman–Crippen MR) is 100 cm³/mol. The number of hydrogen-bond acceptors (Lipinski definition) is 4. The van der Waals surface area contributed by atoms with Crippen LogP contribution in [0.25, 0.3) is 0 Å². The predicted octanol–water partition coefficient (Wildman–Crippen LogP) is 2.95. The van der Waals surface area contributed by atoms with E-state index in [1.165, 1.54) is 38.5 Å². The van der Waals surface area contributed by atoms with Crippen LogP contribution in [0.1, 0.15) is 11.5 Å². The van der Waals surface area contributed by atoms with Gasteiger partial charge in [-0.15, -0.1) is 0 Å². The van der Waals surface area contributed by atoms with Gasteiger partial charge in [0.15, 0.2) is 5.84 Å². The molecule has 0 radical (unpaired) electrons. The molecule has 7 nitrogen and oxygen atoms in total. The topological polar surface area (TPSA) is 84.0 Å². The number of rotatable bonds is 5. The van der Waals surface area contributed by atoms with Gasteiger partial charge in [-0.1, -0.05) is 5.16 Å². The Bertz CT molecular complexity index is 898. The minimum Gasteiger partial charge on any atom is -0.497 e. The summed E-state index contributed by atoms with van der Waals surface area (Å²) in [6.45, 7) is 0.115. The van der Waals surface area contributed by atoms with Gasteiger partial charge in [-0.05, 0) is 24.3 Å². The molecule has 0 saturated carbocycles. The zero-order valence-electron chi connectivity index (χ0n) is 15.6. The van der Waals surface area contributed by atoms with E-state index in [4.69, 9.17) is 9.57 Å². The number of oxime groups is 1. The van der Waals surface area contributed by atoms with E-state index < -0.39 is 35.4 Å². The van der Waals surface area contributed by atoms with Gasteiger partial charge in [0.05, 0.1) is 7.11 Å². The third-order valence-corrected chi connectivity index (χ3v) is 4.44. The maximum absolute atomic E-state index is 14.6. The number of anilines is 1. The van der Waals surface area contributed by atoms with Crippen LogP contribution in [0.15, 0.2) is 41.6 Å². The number of carbonyl (C=O) groups is 1. The van der Waals surface area contributed by atoms with Crippen LogP contribution in [0.2, 0.25) is 0 Å². The molecule has 1 aliphatic heterocycles. The van der Waals surface area contributed by atoms with E-state index in [0.29, 0.717) is 5.69 Å². The Morgan fingerprint density at radius 3 is 2.38 bits per heavy atom. The fraction of sp³-hybridized carbons (Fsp3) is 0.263. The first-order chi connectivity index (χ1) is 13.9. The second-order valence-corrected chi connectivity index (χ2v) is 6.23. The Morgan fingerprint density at radius 1 is 1.14 bits per heavy atom. The Hall–Kier alpha value is -3.43. The van der Waals surface area contributed by atoms with E-state index >= 15 is 0 Å². The van der Waals surface area contributed by atoms with Gasteiger partial charge in [-0.2, -0.15) is 0 Å². The number of ether oxygens (including phenoxy) is 1. The standard InChI is InChI=1S/C19H19F3N4O3/c1-28-12-7-14(21)16(15(22)8-12)13-9-23-18(26-29-2)17(13)25-19(27)24-11-5-3-10(20)4-6-11/h3-8,13,17H,9H2,1-2H3,(H,23,26)(H2,24,25,27)/t13-,17-/m0/s1. The van der Waals surface area contributed by atoms with Crippen LogP contribution in [-0.2, 0) is 4.84 Å². The lowest BCUT2D eigenvalue weighted by Crippen LogP contribution is -2.45. The zero-order valence-corrected chi connectivity index (χ0v) is 15.6. The van der Waals surface area contributed by atoms with Crippen LogP contribution in [-0.4, -0.2) is 38.7 Å². The zero-order chi connectivity index (χ0) is 21.0. The van der Waals surface area contributed by atoms with Crippen LogP contribution in [0, 0.1) is 17.5 Å². The highest BCUT2D eigenvalue weighted by molar-refractivity contribution is 5.97. The lowest BCUT2D eigenvalue weighted by atomic mass is 9.92. The number of carbonyl (C=O) groups excluding carboxylic acids is 1. The van der Waals surface area contributed by atoms with E-state index in [2.05, 4.69) is 21.1 Å². The van der Waals surface area contributed by atoms with Gasteiger partial charge in [0.1, 0.15) is 36.4 Å². The molecule has 2 amide bonds. The molecule has 1 aliphatic rings. The third-order valence-electron chi connectivity index (χ3n) is 4.44. The van der Waals surface area contributed by atoms with E-state index in [-0.39, 0.29) is 23.7 Å². The van der Waals surface area contributed by atoms with Gasteiger partial charge in [0.2, 0.25) is 0 Å². The molecule has 0 aromatic heterocycles. The van der Waals surface area contributed by atoms with Crippen molar-refractivity contribution in [1.29, 1.82) is 0 Å². The second-order valence-electron chi connectivity index (χ2n) is 6.23. The van der Waals surface area contributed by atoms with Gasteiger partial charge in [-0.25, -0.2) is 18.0 Å². The summed E-state index contributed by atoms with van der Waals surface area (Å²) in [7, 11) is 2.62. The number of methoxy groups -OCH3 is 1. The molecule has 0 aliphatic carbocycles. The molecule has 1 saturated heterocycles. The van der Waals surface area contributed by atoms with Gasteiger partial charge in [0, 0.05) is 35.8 Å². The summed E-state index contributed by atoms with van der Waals surface area (Å²) in [5.74, 6) is -2.61. The third kappa shape index (κ3) is 4.53. The number of nitrogens with zero attached hydrogens (tertiary/aromatic N) is 1. The second kappa shape index (κ2) is 8.72. The lowest BCUT2D eigenvalue weighted by molar-refractivity contribution is 0.210. The van der Waals surface area contributed by atoms with Crippen LogP contribution < -0.4 is 20.7 Å². The van der Waals surface area contributed by atoms with Gasteiger partial charge in [0.25, 0.3) is 0 Å². The normalized spacial score (nSPS) is 19.6. The van der Waals surface area contributed by atoms with Crippen molar-refractivity contribution in [3.63, 3.8) is 0 Å². The van der Waals surface area contributed by atoms with Crippen molar-refractivity contribution in [2.45, 2.75) is 12.0 Å². The van der Waals surface area contributed by atoms with Crippen molar-refractivity contribution in [3.8, 4) is 5.75 Å². The number of urea groups is 1. The molecular formula is C19H19F3N4O3. The average molecular weight is 408 g/mol. The molecule has 2 aromatic carbocycles. The van der Waals surface area contributed by atoms with E-state index in [1.807, 2.05) is 0 Å². The fourth-order valence-corrected chi connectivity index (χ4v) is 3.13. The Labute approximate surface area is 164 Å². The first-order valence-corrected chi connectivity index (χ1v) is 8.64. The molecule has 10 heteroatoms. The molecule has 154 valence electrons. The molecule has 0 spiro atoms. The quantitative estimate of drug-likeness (QED) is 0.665. The molecule has 1 fully saturated rings. The van der Waals surface area contributed by atoms with Crippen LogP contribution in [0.3, 0.4) is 0 Å². The summed E-state index contributed by atoms with van der Waals surface area (Å²) in [6.07, 6.45) is 0. The molecule has 29 heavy (non-hydrogen) atoms. The summed E-state index contributed by atoms with van der Waals surface area (Å²) >= 11 is 0. The van der Waals surface area contributed by atoms with E-state index in [0.717, 1.165) is 12.1 Å². The fourth-order valence-electron chi connectivity index (χ4n) is 3.13. The van der Waals surface area contributed by atoms with Gasteiger partial charge < -0.3 is 25.5 Å². The summed E-state index contributed by atoms with van der Waals surface area (Å²) in [6, 6.07) is 5.73. The lowest BCUT2D eigenvalue weighted by Gasteiger charge is -2.21.